The summed E-state index contributed by atoms with van der Waals surface area (Å²) in [4.78, 5) is 10.2. The molecule has 0 aromatic carbocycles. The van der Waals surface area contributed by atoms with Crippen molar-refractivity contribution in [3.63, 3.8) is 0 Å². The molecule has 0 aromatic heterocycles. The van der Waals surface area contributed by atoms with Crippen molar-refractivity contribution in [2.45, 2.75) is 12.8 Å². The summed E-state index contributed by atoms with van der Waals surface area (Å²) in [6, 6.07) is 0. The predicted octanol–water partition coefficient (Wildman–Crippen LogP) is 0.128. The molecule has 1 radical (unpaired) electrons. The molecule has 0 spiro atoms. The highest BCUT2D eigenvalue weighted by atomic mass is 16.1. The average molecular weight is 100 g/mol. The van der Waals surface area contributed by atoms with Gasteiger partial charge in [0, 0.05) is 6.42 Å². The Morgan fingerprint density at radius 2 is 2.29 bits per heavy atom. The second-order valence-corrected chi connectivity index (χ2v) is 1.35. The zero-order chi connectivity index (χ0) is 5.70. The molecule has 0 saturated carbocycles. The van der Waals surface area contributed by atoms with Crippen LogP contribution in [0.15, 0.2) is 0 Å². The molecule has 7 heavy (non-hydrogen) atoms. The standard InChI is InChI=1S/C5H10NO/c1-2-3-5(7)4-6/h1-4,6H2. The lowest BCUT2D eigenvalue weighted by molar-refractivity contribution is -0.117. The molecule has 0 heterocycles. The van der Waals surface area contributed by atoms with Crippen molar-refractivity contribution in [1.29, 1.82) is 0 Å². The van der Waals surface area contributed by atoms with E-state index < -0.39 is 0 Å². The van der Waals surface area contributed by atoms with Crippen LogP contribution in [-0.4, -0.2) is 12.3 Å². The van der Waals surface area contributed by atoms with Gasteiger partial charge < -0.3 is 5.73 Å². The van der Waals surface area contributed by atoms with Gasteiger partial charge in [0.05, 0.1) is 6.54 Å². The van der Waals surface area contributed by atoms with Crippen molar-refractivity contribution in [3.05, 3.63) is 6.92 Å². The fourth-order valence-corrected chi connectivity index (χ4v) is 0.299. The minimum atomic E-state index is 0.0926. The van der Waals surface area contributed by atoms with Crippen LogP contribution in [-0.2, 0) is 4.79 Å². The molecule has 0 saturated heterocycles. The molecule has 0 atom stereocenters. The van der Waals surface area contributed by atoms with Crippen molar-refractivity contribution >= 4 is 5.78 Å². The highest BCUT2D eigenvalue weighted by Crippen LogP contribution is 1.83. The zero-order valence-corrected chi connectivity index (χ0v) is 4.31. The molecule has 0 fully saturated rings. The summed E-state index contributed by atoms with van der Waals surface area (Å²) in [5.74, 6) is 0.0926. The summed E-state index contributed by atoms with van der Waals surface area (Å²) in [6.07, 6.45) is 1.19. The van der Waals surface area contributed by atoms with Crippen LogP contribution in [0.2, 0.25) is 0 Å². The third-order valence-electron chi connectivity index (χ3n) is 0.683. The third kappa shape index (κ3) is 3.46. The van der Waals surface area contributed by atoms with Crippen LogP contribution in [0.1, 0.15) is 12.8 Å². The first-order valence-corrected chi connectivity index (χ1v) is 2.32. The summed E-state index contributed by atoms with van der Waals surface area (Å²) < 4.78 is 0. The summed E-state index contributed by atoms with van der Waals surface area (Å²) in [6.45, 7) is 3.66. The molecule has 2 N–H and O–H groups in total. The summed E-state index contributed by atoms with van der Waals surface area (Å²) >= 11 is 0. The lowest BCUT2D eigenvalue weighted by Crippen LogP contribution is -2.12. The van der Waals surface area contributed by atoms with Crippen LogP contribution in [0, 0.1) is 6.92 Å². The Morgan fingerprint density at radius 3 is 2.43 bits per heavy atom. The van der Waals surface area contributed by atoms with Crippen molar-refractivity contribution in [2.24, 2.45) is 5.73 Å². The molecule has 0 amide bonds. The molecule has 41 valence electrons. The van der Waals surface area contributed by atoms with Crippen LogP contribution < -0.4 is 5.73 Å². The maximum atomic E-state index is 10.2. The Kier molecular flexibility index (Phi) is 3.61. The molecule has 0 aliphatic heterocycles. The van der Waals surface area contributed by atoms with Crippen LogP contribution in [0.3, 0.4) is 0 Å². The SMILES string of the molecule is [CH2]CCC(=O)CN. The Morgan fingerprint density at radius 1 is 1.71 bits per heavy atom. The second-order valence-electron chi connectivity index (χ2n) is 1.35. The van der Waals surface area contributed by atoms with E-state index in [1.54, 1.807) is 0 Å². The van der Waals surface area contributed by atoms with Crippen molar-refractivity contribution < 1.29 is 4.79 Å². The van der Waals surface area contributed by atoms with Gasteiger partial charge in [0.15, 0.2) is 0 Å². The van der Waals surface area contributed by atoms with Crippen LogP contribution in [0.4, 0.5) is 0 Å². The quantitative estimate of drug-likeness (QED) is 0.547. The maximum Gasteiger partial charge on any atom is 0.146 e. The van der Waals surface area contributed by atoms with Gasteiger partial charge >= 0.3 is 0 Å². The topological polar surface area (TPSA) is 43.1 Å². The monoisotopic (exact) mass is 100 g/mol. The number of carbonyl (C=O) groups excluding carboxylic acids is 1. The highest BCUT2D eigenvalue weighted by molar-refractivity contribution is 5.80. The highest BCUT2D eigenvalue weighted by Gasteiger charge is 1.91. The van der Waals surface area contributed by atoms with E-state index in [1.807, 2.05) is 0 Å². The number of ketones is 1. The minimum Gasteiger partial charge on any atom is -0.324 e. The molecule has 0 aliphatic carbocycles. The first kappa shape index (κ1) is 6.63. The molecule has 0 aromatic rings. The van der Waals surface area contributed by atoms with Gasteiger partial charge in [-0.3, -0.25) is 4.79 Å². The van der Waals surface area contributed by atoms with Gasteiger partial charge in [-0.2, -0.15) is 0 Å². The van der Waals surface area contributed by atoms with Crippen LogP contribution in [0.5, 0.6) is 0 Å². The van der Waals surface area contributed by atoms with Crippen molar-refractivity contribution in [2.75, 3.05) is 6.54 Å². The average Bonchev–Trinajstić information content (AvgIpc) is 1.68. The first-order valence-electron chi connectivity index (χ1n) is 2.32. The summed E-state index contributed by atoms with van der Waals surface area (Å²) in [5, 5.41) is 0. The third-order valence-corrected chi connectivity index (χ3v) is 0.683. The predicted molar refractivity (Wildman–Crippen MR) is 28.7 cm³/mol. The van der Waals surface area contributed by atoms with Gasteiger partial charge in [0.25, 0.3) is 0 Å². The minimum absolute atomic E-state index is 0.0926. The van der Waals surface area contributed by atoms with Gasteiger partial charge in [-0.05, 0) is 6.42 Å². The van der Waals surface area contributed by atoms with Gasteiger partial charge in [-0.15, -0.1) is 0 Å². The molecule has 0 aliphatic rings. The molecule has 0 bridgehead atoms. The molecule has 2 nitrogen and oxygen atoms in total. The summed E-state index contributed by atoms with van der Waals surface area (Å²) in [7, 11) is 0. The fourth-order valence-electron chi connectivity index (χ4n) is 0.299. The number of rotatable bonds is 3. The van der Waals surface area contributed by atoms with E-state index in [-0.39, 0.29) is 12.3 Å². The number of hydrogen-bond acceptors (Lipinski definition) is 2. The Balaban J connectivity index is 3.00. The smallest absolute Gasteiger partial charge is 0.146 e. The normalized spacial score (nSPS) is 8.86. The van der Waals surface area contributed by atoms with E-state index >= 15 is 0 Å². The number of hydrogen-bond donors (Lipinski definition) is 1. The largest absolute Gasteiger partial charge is 0.324 e. The van der Waals surface area contributed by atoms with Gasteiger partial charge in [-0.25, -0.2) is 0 Å². The van der Waals surface area contributed by atoms with Crippen molar-refractivity contribution in [1.82, 2.24) is 0 Å². The Bertz CT molecular complexity index is 61.1. The fraction of sp³-hybridized carbons (Fsp3) is 0.600. The van der Waals surface area contributed by atoms with E-state index in [2.05, 4.69) is 6.92 Å². The Hall–Kier alpha value is -0.370. The molecular formula is C5H10NO. The van der Waals surface area contributed by atoms with E-state index in [1.165, 1.54) is 0 Å². The van der Waals surface area contributed by atoms with E-state index in [9.17, 15) is 4.79 Å². The number of carbonyl (C=O) groups is 1. The molecular weight excluding hydrogens is 90.1 g/mol. The summed E-state index contributed by atoms with van der Waals surface area (Å²) in [5.41, 5.74) is 4.98. The molecule has 2 heteroatoms. The maximum absolute atomic E-state index is 10.2. The number of nitrogens with two attached hydrogens (primary N) is 1. The number of Topliss-reactive ketones (excluding diaryl/α,β-unsaturated/α-hetero) is 1. The van der Waals surface area contributed by atoms with Gasteiger partial charge in [0.2, 0.25) is 0 Å². The van der Waals surface area contributed by atoms with Crippen LogP contribution in [0.25, 0.3) is 0 Å². The van der Waals surface area contributed by atoms with Crippen molar-refractivity contribution in [3.8, 4) is 0 Å². The second kappa shape index (κ2) is 3.81. The van der Waals surface area contributed by atoms with E-state index in [0.717, 1.165) is 0 Å². The Labute approximate surface area is 43.7 Å². The molecule has 0 rings (SSSR count). The van der Waals surface area contributed by atoms with Crippen LogP contribution >= 0.6 is 0 Å². The van der Waals surface area contributed by atoms with E-state index in [4.69, 9.17) is 5.73 Å². The van der Waals surface area contributed by atoms with E-state index in [0.29, 0.717) is 12.8 Å². The first-order chi connectivity index (χ1) is 3.31. The van der Waals surface area contributed by atoms with Gasteiger partial charge in [-0.1, -0.05) is 6.92 Å². The lowest BCUT2D eigenvalue weighted by Gasteiger charge is -1.87. The van der Waals surface area contributed by atoms with Gasteiger partial charge in [0.1, 0.15) is 5.78 Å². The zero-order valence-electron chi connectivity index (χ0n) is 4.31. The molecule has 0 unspecified atom stereocenters. The lowest BCUT2D eigenvalue weighted by atomic mass is 10.2.